The van der Waals surface area contributed by atoms with Crippen molar-refractivity contribution in [2.24, 2.45) is 0 Å². The molecule has 1 aromatic rings. The summed E-state index contributed by atoms with van der Waals surface area (Å²) in [5, 5.41) is 2.68. The van der Waals surface area contributed by atoms with Crippen LogP contribution in [0.4, 0.5) is 4.79 Å². The van der Waals surface area contributed by atoms with Gasteiger partial charge in [0.2, 0.25) is 0 Å². The fraction of sp³-hybridized carbons (Fsp3) is 0.500. The van der Waals surface area contributed by atoms with E-state index in [1.807, 2.05) is 36.6 Å². The van der Waals surface area contributed by atoms with Crippen molar-refractivity contribution in [3.8, 4) is 0 Å². The number of hydrogen-bond acceptors (Lipinski definition) is 4. The van der Waals surface area contributed by atoms with E-state index in [9.17, 15) is 9.59 Å². The first kappa shape index (κ1) is 17.6. The molecule has 116 valence electrons. The third kappa shape index (κ3) is 7.18. The first-order valence-corrected chi connectivity index (χ1v) is 8.26. The normalized spacial score (nSPS) is 12.6. The molecule has 0 fully saturated rings. The van der Waals surface area contributed by atoms with E-state index in [2.05, 4.69) is 5.32 Å². The Balaban J connectivity index is 2.73. The van der Waals surface area contributed by atoms with Crippen molar-refractivity contribution in [1.82, 2.24) is 5.32 Å². The van der Waals surface area contributed by atoms with E-state index in [1.165, 1.54) is 11.8 Å². The Hall–Kier alpha value is -1.49. The molecular weight excluding hydrogens is 286 g/mol. The first-order chi connectivity index (χ1) is 9.81. The lowest BCUT2D eigenvalue weighted by atomic mass is 10.0. The van der Waals surface area contributed by atoms with E-state index in [0.717, 1.165) is 5.56 Å². The van der Waals surface area contributed by atoms with Crippen molar-refractivity contribution in [2.45, 2.75) is 38.8 Å². The first-order valence-electron chi connectivity index (χ1n) is 6.87. The summed E-state index contributed by atoms with van der Waals surface area (Å²) in [6, 6.07) is 9.07. The molecule has 1 rings (SSSR count). The molecule has 0 aliphatic carbocycles. The van der Waals surface area contributed by atoms with Crippen LogP contribution in [-0.4, -0.2) is 35.5 Å². The van der Waals surface area contributed by atoms with Crippen LogP contribution in [0.5, 0.6) is 0 Å². The van der Waals surface area contributed by atoms with Crippen LogP contribution >= 0.6 is 11.8 Å². The molecule has 1 aromatic carbocycles. The zero-order valence-electron chi connectivity index (χ0n) is 13.0. The van der Waals surface area contributed by atoms with Crippen molar-refractivity contribution in [3.05, 3.63) is 35.9 Å². The van der Waals surface area contributed by atoms with Gasteiger partial charge in [-0.25, -0.2) is 4.79 Å². The van der Waals surface area contributed by atoms with Gasteiger partial charge in [0, 0.05) is 0 Å². The van der Waals surface area contributed by atoms with E-state index >= 15 is 0 Å². The number of amides is 1. The third-order valence-electron chi connectivity index (χ3n) is 2.65. The topological polar surface area (TPSA) is 55.4 Å². The van der Waals surface area contributed by atoms with Crippen molar-refractivity contribution in [2.75, 3.05) is 12.0 Å². The van der Waals surface area contributed by atoms with Gasteiger partial charge in [-0.1, -0.05) is 30.3 Å². The van der Waals surface area contributed by atoms with Gasteiger partial charge in [0.1, 0.15) is 5.60 Å². The summed E-state index contributed by atoms with van der Waals surface area (Å²) in [4.78, 5) is 24.0. The van der Waals surface area contributed by atoms with E-state index in [1.54, 1.807) is 20.8 Å². The van der Waals surface area contributed by atoms with Crippen LogP contribution in [0, 0.1) is 0 Å². The zero-order valence-corrected chi connectivity index (χ0v) is 13.8. The predicted octanol–water partition coefficient (Wildman–Crippen LogP) is 3.05. The zero-order chi connectivity index (χ0) is 15.9. The maximum Gasteiger partial charge on any atom is 0.408 e. The highest BCUT2D eigenvalue weighted by Crippen LogP contribution is 2.10. The highest BCUT2D eigenvalue weighted by Gasteiger charge is 2.24. The van der Waals surface area contributed by atoms with Crippen LogP contribution in [0.2, 0.25) is 0 Å². The number of alkyl carbamates (subject to hydrolysis) is 1. The average molecular weight is 309 g/mol. The highest BCUT2D eigenvalue weighted by molar-refractivity contribution is 7.99. The van der Waals surface area contributed by atoms with Crippen molar-refractivity contribution >= 4 is 23.6 Å². The highest BCUT2D eigenvalue weighted by atomic mass is 32.2. The monoisotopic (exact) mass is 309 g/mol. The SMILES string of the molecule is CSCC(=O)C(Cc1ccccc1)NC(=O)OC(C)(C)C. The molecule has 0 aromatic heterocycles. The molecule has 0 heterocycles. The lowest BCUT2D eigenvalue weighted by molar-refractivity contribution is -0.118. The van der Waals surface area contributed by atoms with Crippen molar-refractivity contribution in [3.63, 3.8) is 0 Å². The summed E-state index contributed by atoms with van der Waals surface area (Å²) in [7, 11) is 0. The Morgan fingerprint density at radius 1 is 1.24 bits per heavy atom. The molecule has 1 N–H and O–H groups in total. The Kier molecular flexibility index (Phi) is 6.75. The fourth-order valence-corrected chi connectivity index (χ4v) is 2.27. The molecule has 4 nitrogen and oxygen atoms in total. The molecule has 0 aliphatic rings. The number of Topliss-reactive ketones (excluding diaryl/α,β-unsaturated/α-hetero) is 1. The maximum absolute atomic E-state index is 12.2. The smallest absolute Gasteiger partial charge is 0.408 e. The summed E-state index contributed by atoms with van der Waals surface area (Å²) < 4.78 is 5.23. The lowest BCUT2D eigenvalue weighted by Crippen LogP contribution is -2.45. The van der Waals surface area contributed by atoms with E-state index in [-0.39, 0.29) is 5.78 Å². The average Bonchev–Trinajstić information content (AvgIpc) is 2.37. The molecular formula is C16H23NO3S. The molecule has 0 bridgehead atoms. The second kappa shape index (κ2) is 8.08. The number of nitrogens with one attached hydrogen (secondary N) is 1. The van der Waals surface area contributed by atoms with Gasteiger partial charge < -0.3 is 10.1 Å². The minimum absolute atomic E-state index is 0.00258. The molecule has 21 heavy (non-hydrogen) atoms. The van der Waals surface area contributed by atoms with E-state index in [0.29, 0.717) is 12.2 Å². The third-order valence-corrected chi connectivity index (χ3v) is 3.22. The van der Waals surface area contributed by atoms with Gasteiger partial charge in [0.05, 0.1) is 11.8 Å². The van der Waals surface area contributed by atoms with Gasteiger partial charge in [-0.3, -0.25) is 4.79 Å². The standard InChI is InChI=1S/C16H23NO3S/c1-16(2,3)20-15(19)17-13(14(18)11-21-4)10-12-8-6-5-7-9-12/h5-9,13H,10-11H2,1-4H3,(H,17,19). The van der Waals surface area contributed by atoms with Crippen LogP contribution in [-0.2, 0) is 16.0 Å². The van der Waals surface area contributed by atoms with Gasteiger partial charge in [-0.05, 0) is 39.0 Å². The number of benzene rings is 1. The van der Waals surface area contributed by atoms with Crippen molar-refractivity contribution < 1.29 is 14.3 Å². The van der Waals surface area contributed by atoms with Gasteiger partial charge >= 0.3 is 6.09 Å². The number of carbonyl (C=O) groups is 2. The predicted molar refractivity (Wildman–Crippen MR) is 86.7 cm³/mol. The summed E-state index contributed by atoms with van der Waals surface area (Å²) in [6.07, 6.45) is 1.78. The summed E-state index contributed by atoms with van der Waals surface area (Å²) in [6.45, 7) is 5.38. The number of ether oxygens (including phenoxy) is 1. The second-order valence-corrected chi connectivity index (χ2v) is 6.65. The Labute approximate surface area is 130 Å². The fourth-order valence-electron chi connectivity index (χ4n) is 1.79. The largest absolute Gasteiger partial charge is 0.444 e. The molecule has 0 saturated heterocycles. The molecule has 0 aliphatic heterocycles. The number of rotatable bonds is 6. The Morgan fingerprint density at radius 3 is 2.38 bits per heavy atom. The number of ketones is 1. The van der Waals surface area contributed by atoms with Crippen LogP contribution in [0.3, 0.4) is 0 Å². The minimum atomic E-state index is -0.579. The van der Waals surface area contributed by atoms with E-state index < -0.39 is 17.7 Å². The van der Waals surface area contributed by atoms with Crippen LogP contribution in [0.1, 0.15) is 26.3 Å². The molecule has 1 unspecified atom stereocenters. The summed E-state index contributed by atoms with van der Waals surface area (Å²) in [5.41, 5.74) is 0.428. The number of thioether (sulfide) groups is 1. The Morgan fingerprint density at radius 2 is 1.86 bits per heavy atom. The molecule has 1 atom stereocenters. The van der Waals surface area contributed by atoms with Gasteiger partial charge in [0.15, 0.2) is 5.78 Å². The number of hydrogen-bond donors (Lipinski definition) is 1. The second-order valence-electron chi connectivity index (χ2n) is 5.79. The van der Waals surface area contributed by atoms with Gasteiger partial charge in [0.25, 0.3) is 0 Å². The molecule has 0 radical (unpaired) electrons. The lowest BCUT2D eigenvalue weighted by Gasteiger charge is -2.23. The molecule has 1 amide bonds. The van der Waals surface area contributed by atoms with Gasteiger partial charge in [-0.2, -0.15) is 11.8 Å². The van der Waals surface area contributed by atoms with E-state index in [4.69, 9.17) is 4.74 Å². The summed E-state index contributed by atoms with van der Waals surface area (Å²) >= 11 is 1.45. The van der Waals surface area contributed by atoms with Crippen LogP contribution < -0.4 is 5.32 Å². The minimum Gasteiger partial charge on any atom is -0.444 e. The number of carbonyl (C=O) groups excluding carboxylic acids is 2. The maximum atomic E-state index is 12.2. The molecule has 0 saturated carbocycles. The molecule has 5 heteroatoms. The van der Waals surface area contributed by atoms with Gasteiger partial charge in [-0.15, -0.1) is 0 Å². The quantitative estimate of drug-likeness (QED) is 0.877. The van der Waals surface area contributed by atoms with Crippen LogP contribution in [0.15, 0.2) is 30.3 Å². The summed E-state index contributed by atoms with van der Waals surface area (Å²) in [5.74, 6) is 0.366. The van der Waals surface area contributed by atoms with Crippen molar-refractivity contribution in [1.29, 1.82) is 0 Å². The Bertz CT molecular complexity index is 468. The molecule has 0 spiro atoms. The van der Waals surface area contributed by atoms with Crippen LogP contribution in [0.25, 0.3) is 0 Å².